The third-order valence-corrected chi connectivity index (χ3v) is 7.38. The van der Waals surface area contributed by atoms with Crippen LogP contribution in [0.1, 0.15) is 37.3 Å². The van der Waals surface area contributed by atoms with Gasteiger partial charge in [0, 0.05) is 46.1 Å². The standard InChI is InChI=1S/C22H26ClN3O2S/c1-22(28,18-6-2-3-7-19(18)23)10-15-5-4-8-26(13-15)21(27)16-9-20(29-14-16)17-11-24-25-12-17/h2-3,6-7,9,11-12,15-16,28H,4-5,8,10,13-14H2,1H3,(H,24,25). The Labute approximate surface area is 180 Å². The molecular formula is C22H26ClN3O2S. The van der Waals surface area contributed by atoms with Crippen LogP contribution < -0.4 is 0 Å². The van der Waals surface area contributed by atoms with Gasteiger partial charge in [-0.1, -0.05) is 35.9 Å². The molecule has 1 saturated heterocycles. The van der Waals surface area contributed by atoms with E-state index in [1.54, 1.807) is 18.0 Å². The van der Waals surface area contributed by atoms with E-state index in [0.29, 0.717) is 18.0 Å². The summed E-state index contributed by atoms with van der Waals surface area (Å²) in [4.78, 5) is 16.2. The molecule has 5 nitrogen and oxygen atoms in total. The molecule has 0 radical (unpaired) electrons. The summed E-state index contributed by atoms with van der Waals surface area (Å²) in [6.45, 7) is 3.30. The lowest BCUT2D eigenvalue weighted by Crippen LogP contribution is -2.44. The lowest BCUT2D eigenvalue weighted by Gasteiger charge is -2.37. The SMILES string of the molecule is CC(O)(CC1CCCN(C(=O)C2C=C(c3cn[nH]c3)SC2)C1)c1ccccc1Cl. The van der Waals surface area contributed by atoms with Gasteiger partial charge in [-0.2, -0.15) is 5.10 Å². The Morgan fingerprint density at radius 1 is 1.45 bits per heavy atom. The van der Waals surface area contributed by atoms with Gasteiger partial charge in [-0.25, -0.2) is 0 Å². The number of thioether (sulfide) groups is 1. The van der Waals surface area contributed by atoms with E-state index in [1.807, 2.05) is 42.3 Å². The molecule has 3 unspecified atom stereocenters. The number of aromatic nitrogens is 2. The molecule has 2 N–H and O–H groups in total. The first-order chi connectivity index (χ1) is 13.9. The Morgan fingerprint density at radius 3 is 3.03 bits per heavy atom. The minimum atomic E-state index is -1.01. The molecular weight excluding hydrogens is 406 g/mol. The maximum absolute atomic E-state index is 13.1. The van der Waals surface area contributed by atoms with Crippen LogP contribution in [0.15, 0.2) is 42.7 Å². The number of aliphatic hydroxyl groups is 1. The Morgan fingerprint density at radius 2 is 2.28 bits per heavy atom. The van der Waals surface area contributed by atoms with E-state index < -0.39 is 5.60 Å². The zero-order chi connectivity index (χ0) is 20.4. The molecule has 1 amide bonds. The normalized spacial score (nSPS) is 24.2. The number of rotatable bonds is 5. The highest BCUT2D eigenvalue weighted by Gasteiger charge is 2.35. The molecule has 1 fully saturated rings. The maximum Gasteiger partial charge on any atom is 0.230 e. The quantitative estimate of drug-likeness (QED) is 0.740. The van der Waals surface area contributed by atoms with Gasteiger partial charge in [0.25, 0.3) is 0 Å². The molecule has 0 spiro atoms. The number of carbonyl (C=O) groups is 1. The number of aromatic amines is 1. The van der Waals surface area contributed by atoms with Gasteiger partial charge in [0.15, 0.2) is 0 Å². The summed E-state index contributed by atoms with van der Waals surface area (Å²) in [6.07, 6.45) is 8.29. The van der Waals surface area contributed by atoms with Crippen molar-refractivity contribution in [3.63, 3.8) is 0 Å². The average Bonchev–Trinajstić information content (AvgIpc) is 3.39. The summed E-state index contributed by atoms with van der Waals surface area (Å²) in [5.41, 5.74) is 0.787. The van der Waals surface area contributed by atoms with E-state index in [1.165, 1.54) is 0 Å². The number of piperidine rings is 1. The van der Waals surface area contributed by atoms with Crippen molar-refractivity contribution in [2.24, 2.45) is 11.8 Å². The fourth-order valence-electron chi connectivity index (χ4n) is 4.40. The summed E-state index contributed by atoms with van der Waals surface area (Å²) in [7, 11) is 0. The number of amides is 1. The molecule has 2 aliphatic heterocycles. The zero-order valence-corrected chi connectivity index (χ0v) is 18.0. The number of benzene rings is 1. The molecule has 1 aromatic heterocycles. The molecule has 2 aromatic rings. The smallest absolute Gasteiger partial charge is 0.230 e. The molecule has 3 heterocycles. The average molecular weight is 432 g/mol. The number of carbonyl (C=O) groups excluding carboxylic acids is 1. The Balaban J connectivity index is 1.41. The number of nitrogens with zero attached hydrogens (tertiary/aromatic N) is 2. The van der Waals surface area contributed by atoms with Crippen LogP contribution in [0.25, 0.3) is 4.91 Å². The number of likely N-dealkylation sites (tertiary alicyclic amines) is 1. The number of halogens is 1. The van der Waals surface area contributed by atoms with E-state index in [0.717, 1.165) is 41.2 Å². The number of hydrogen-bond donors (Lipinski definition) is 2. The lowest BCUT2D eigenvalue weighted by molar-refractivity contribution is -0.135. The summed E-state index contributed by atoms with van der Waals surface area (Å²) in [5, 5.41) is 18.5. The number of nitrogens with one attached hydrogen (secondary N) is 1. The summed E-state index contributed by atoms with van der Waals surface area (Å²) in [6, 6.07) is 7.46. The van der Waals surface area contributed by atoms with Crippen molar-refractivity contribution in [2.75, 3.05) is 18.8 Å². The molecule has 3 atom stereocenters. The molecule has 2 aliphatic rings. The van der Waals surface area contributed by atoms with Crippen LogP contribution in [-0.4, -0.2) is 45.0 Å². The molecule has 1 aromatic carbocycles. The monoisotopic (exact) mass is 431 g/mol. The minimum absolute atomic E-state index is 0.0901. The van der Waals surface area contributed by atoms with Gasteiger partial charge < -0.3 is 10.0 Å². The van der Waals surface area contributed by atoms with Crippen LogP contribution in [0.5, 0.6) is 0 Å². The largest absolute Gasteiger partial charge is 0.385 e. The van der Waals surface area contributed by atoms with Gasteiger partial charge in [0.2, 0.25) is 5.91 Å². The van der Waals surface area contributed by atoms with Crippen molar-refractivity contribution in [1.82, 2.24) is 15.1 Å². The fraction of sp³-hybridized carbons (Fsp3) is 0.455. The van der Waals surface area contributed by atoms with E-state index in [9.17, 15) is 9.90 Å². The molecule has 4 rings (SSSR count). The second-order valence-electron chi connectivity index (χ2n) is 8.19. The van der Waals surface area contributed by atoms with Crippen molar-refractivity contribution in [1.29, 1.82) is 0 Å². The first-order valence-electron chi connectivity index (χ1n) is 10.0. The van der Waals surface area contributed by atoms with Gasteiger partial charge in [0.1, 0.15) is 0 Å². The van der Waals surface area contributed by atoms with Crippen molar-refractivity contribution < 1.29 is 9.90 Å². The van der Waals surface area contributed by atoms with Gasteiger partial charge >= 0.3 is 0 Å². The third kappa shape index (κ3) is 4.55. The molecule has 0 saturated carbocycles. The Kier molecular flexibility index (Phi) is 6.04. The van der Waals surface area contributed by atoms with Crippen molar-refractivity contribution in [3.8, 4) is 0 Å². The topological polar surface area (TPSA) is 69.2 Å². The van der Waals surface area contributed by atoms with E-state index >= 15 is 0 Å². The second kappa shape index (κ2) is 8.54. The summed E-state index contributed by atoms with van der Waals surface area (Å²) < 4.78 is 0. The minimum Gasteiger partial charge on any atom is -0.385 e. The van der Waals surface area contributed by atoms with Gasteiger partial charge in [-0.3, -0.25) is 9.89 Å². The van der Waals surface area contributed by atoms with Crippen LogP contribution in [0, 0.1) is 11.8 Å². The van der Waals surface area contributed by atoms with Crippen LogP contribution >= 0.6 is 23.4 Å². The van der Waals surface area contributed by atoms with E-state index in [-0.39, 0.29) is 17.7 Å². The summed E-state index contributed by atoms with van der Waals surface area (Å²) >= 11 is 8.02. The molecule has 0 bridgehead atoms. The molecule has 154 valence electrons. The molecule has 29 heavy (non-hydrogen) atoms. The number of H-pyrrole nitrogens is 1. The second-order valence-corrected chi connectivity index (χ2v) is 9.65. The van der Waals surface area contributed by atoms with Gasteiger partial charge in [-0.05, 0) is 38.2 Å². The fourth-order valence-corrected chi connectivity index (χ4v) is 5.88. The predicted octanol–water partition coefficient (Wildman–Crippen LogP) is 4.30. The van der Waals surface area contributed by atoms with Crippen molar-refractivity contribution in [2.45, 2.75) is 31.8 Å². The zero-order valence-electron chi connectivity index (χ0n) is 16.5. The molecule has 0 aliphatic carbocycles. The third-order valence-electron chi connectivity index (χ3n) is 5.84. The highest BCUT2D eigenvalue weighted by Crippen LogP contribution is 2.39. The van der Waals surface area contributed by atoms with Crippen LogP contribution in [-0.2, 0) is 10.4 Å². The Bertz CT molecular complexity index is 897. The molecule has 7 heteroatoms. The van der Waals surface area contributed by atoms with Crippen molar-refractivity contribution in [3.05, 3.63) is 58.9 Å². The van der Waals surface area contributed by atoms with Crippen molar-refractivity contribution >= 4 is 34.2 Å². The highest BCUT2D eigenvalue weighted by molar-refractivity contribution is 8.08. The van der Waals surface area contributed by atoms with Crippen LogP contribution in [0.2, 0.25) is 5.02 Å². The first-order valence-corrected chi connectivity index (χ1v) is 11.4. The predicted molar refractivity (Wildman–Crippen MR) is 117 cm³/mol. The maximum atomic E-state index is 13.1. The van der Waals surface area contributed by atoms with Crippen LogP contribution in [0.4, 0.5) is 0 Å². The van der Waals surface area contributed by atoms with Gasteiger partial charge in [0.05, 0.1) is 17.7 Å². The summed E-state index contributed by atoms with van der Waals surface area (Å²) in [5.74, 6) is 1.13. The Hall–Kier alpha value is -1.76. The number of hydrogen-bond acceptors (Lipinski definition) is 4. The lowest BCUT2D eigenvalue weighted by atomic mass is 9.82. The first kappa shape index (κ1) is 20.5. The van der Waals surface area contributed by atoms with E-state index in [2.05, 4.69) is 16.3 Å². The highest BCUT2D eigenvalue weighted by atomic mass is 35.5. The van der Waals surface area contributed by atoms with Crippen LogP contribution in [0.3, 0.4) is 0 Å². The van der Waals surface area contributed by atoms with E-state index in [4.69, 9.17) is 11.6 Å². The van der Waals surface area contributed by atoms with Gasteiger partial charge in [-0.15, -0.1) is 11.8 Å².